The molecule has 1 aliphatic heterocycles. The molecule has 2 fully saturated rings. The van der Waals surface area contributed by atoms with E-state index < -0.39 is 0 Å². The quantitative estimate of drug-likeness (QED) is 0.837. The lowest BCUT2D eigenvalue weighted by Crippen LogP contribution is -2.32. The fourth-order valence-corrected chi connectivity index (χ4v) is 3.90. The fourth-order valence-electron chi connectivity index (χ4n) is 3.77. The molecule has 0 spiro atoms. The summed E-state index contributed by atoms with van der Waals surface area (Å²) in [6.45, 7) is 2.13. The Balaban J connectivity index is 1.56. The average Bonchev–Trinajstić information content (AvgIpc) is 3.45. The van der Waals surface area contributed by atoms with Crippen LogP contribution in [0.3, 0.4) is 0 Å². The Morgan fingerprint density at radius 3 is 2.32 bits per heavy atom. The number of anilines is 2. The van der Waals surface area contributed by atoms with Crippen LogP contribution in [0.25, 0.3) is 0 Å². The highest BCUT2D eigenvalue weighted by molar-refractivity contribution is 6.30. The number of piperidine rings is 1. The Hall–Kier alpha value is -2.00. The van der Waals surface area contributed by atoms with Gasteiger partial charge in [-0.15, -0.1) is 0 Å². The molecule has 130 valence electrons. The molecule has 4 rings (SSSR count). The maximum absolute atomic E-state index is 13.1. The summed E-state index contributed by atoms with van der Waals surface area (Å²) >= 11 is 5.99. The molecule has 0 aromatic heterocycles. The zero-order chi connectivity index (χ0) is 17.3. The molecule has 2 aromatic carbocycles. The minimum atomic E-state index is -0.389. The summed E-state index contributed by atoms with van der Waals surface area (Å²) in [6, 6.07) is 15.9. The summed E-state index contributed by atoms with van der Waals surface area (Å²) < 4.78 is 0. The van der Waals surface area contributed by atoms with Gasteiger partial charge in [0.05, 0.1) is 16.8 Å². The van der Waals surface area contributed by atoms with Crippen molar-refractivity contribution >= 4 is 28.9 Å². The first-order valence-corrected chi connectivity index (χ1v) is 9.48. The number of nitrogens with zero attached hydrogens (tertiary/aromatic N) is 1. The molecule has 4 heteroatoms. The van der Waals surface area contributed by atoms with E-state index in [0.29, 0.717) is 5.02 Å². The van der Waals surface area contributed by atoms with E-state index in [1.165, 1.54) is 19.3 Å². The third-order valence-electron chi connectivity index (χ3n) is 5.43. The lowest BCUT2D eigenvalue weighted by molar-refractivity contribution is -0.118. The van der Waals surface area contributed by atoms with E-state index in [9.17, 15) is 4.79 Å². The minimum absolute atomic E-state index is 0.0966. The SMILES string of the molecule is O=C(Nc1ccccc1N1CCCCC1)C1(c2ccc(Cl)cc2)CC1. The number of amides is 1. The highest BCUT2D eigenvalue weighted by Crippen LogP contribution is 2.49. The normalized spacial score (nSPS) is 18.7. The van der Waals surface area contributed by atoms with Gasteiger partial charge in [-0.05, 0) is 61.9 Å². The molecule has 1 saturated carbocycles. The van der Waals surface area contributed by atoms with Gasteiger partial charge in [0.15, 0.2) is 0 Å². The molecule has 1 aliphatic carbocycles. The van der Waals surface area contributed by atoms with E-state index in [2.05, 4.69) is 16.3 Å². The molecular weight excluding hydrogens is 332 g/mol. The lowest BCUT2D eigenvalue weighted by Gasteiger charge is -2.31. The van der Waals surface area contributed by atoms with Crippen LogP contribution in [0.4, 0.5) is 11.4 Å². The Labute approximate surface area is 154 Å². The van der Waals surface area contributed by atoms with Crippen molar-refractivity contribution in [3.63, 3.8) is 0 Å². The molecule has 2 aliphatic rings. The van der Waals surface area contributed by atoms with Crippen molar-refractivity contribution in [1.29, 1.82) is 0 Å². The zero-order valence-electron chi connectivity index (χ0n) is 14.3. The van der Waals surface area contributed by atoms with Gasteiger partial charge in [0, 0.05) is 18.1 Å². The predicted molar refractivity (Wildman–Crippen MR) is 103 cm³/mol. The zero-order valence-corrected chi connectivity index (χ0v) is 15.1. The van der Waals surface area contributed by atoms with Crippen molar-refractivity contribution in [3.05, 3.63) is 59.1 Å². The van der Waals surface area contributed by atoms with Crippen molar-refractivity contribution in [2.45, 2.75) is 37.5 Å². The molecule has 2 aromatic rings. The second-order valence-corrected chi connectivity index (χ2v) is 7.54. The average molecular weight is 355 g/mol. The maximum Gasteiger partial charge on any atom is 0.235 e. The van der Waals surface area contributed by atoms with Gasteiger partial charge >= 0.3 is 0 Å². The minimum Gasteiger partial charge on any atom is -0.370 e. The van der Waals surface area contributed by atoms with E-state index in [4.69, 9.17) is 11.6 Å². The Morgan fingerprint density at radius 2 is 1.64 bits per heavy atom. The number of nitrogens with one attached hydrogen (secondary N) is 1. The van der Waals surface area contributed by atoms with Crippen molar-refractivity contribution in [3.8, 4) is 0 Å². The van der Waals surface area contributed by atoms with Crippen LogP contribution in [-0.4, -0.2) is 19.0 Å². The largest absolute Gasteiger partial charge is 0.370 e. The number of hydrogen-bond donors (Lipinski definition) is 1. The molecule has 1 amide bonds. The highest BCUT2D eigenvalue weighted by Gasteiger charge is 2.51. The van der Waals surface area contributed by atoms with Crippen LogP contribution >= 0.6 is 11.6 Å². The Kier molecular flexibility index (Phi) is 4.43. The molecule has 3 nitrogen and oxygen atoms in total. The van der Waals surface area contributed by atoms with Crippen LogP contribution in [-0.2, 0) is 10.2 Å². The Bertz CT molecular complexity index is 762. The number of hydrogen-bond acceptors (Lipinski definition) is 2. The van der Waals surface area contributed by atoms with Crippen LogP contribution in [0, 0.1) is 0 Å². The molecule has 0 radical (unpaired) electrons. The molecule has 1 saturated heterocycles. The Morgan fingerprint density at radius 1 is 0.960 bits per heavy atom. The van der Waals surface area contributed by atoms with Crippen molar-refractivity contribution in [2.75, 3.05) is 23.3 Å². The number of rotatable bonds is 4. The van der Waals surface area contributed by atoms with Crippen LogP contribution in [0.5, 0.6) is 0 Å². The summed E-state index contributed by atoms with van der Waals surface area (Å²) in [4.78, 5) is 15.4. The second kappa shape index (κ2) is 6.72. The van der Waals surface area contributed by atoms with Crippen LogP contribution in [0.1, 0.15) is 37.7 Å². The van der Waals surface area contributed by atoms with Gasteiger partial charge in [0.25, 0.3) is 0 Å². The van der Waals surface area contributed by atoms with E-state index >= 15 is 0 Å². The molecule has 0 atom stereocenters. The lowest BCUT2D eigenvalue weighted by atomic mass is 9.95. The summed E-state index contributed by atoms with van der Waals surface area (Å²) in [5.74, 6) is 0.0966. The predicted octanol–water partition coefficient (Wildman–Crippen LogP) is 5.00. The molecule has 25 heavy (non-hydrogen) atoms. The summed E-state index contributed by atoms with van der Waals surface area (Å²) in [7, 11) is 0. The molecule has 0 unspecified atom stereocenters. The topological polar surface area (TPSA) is 32.3 Å². The van der Waals surface area contributed by atoms with Crippen molar-refractivity contribution in [2.24, 2.45) is 0 Å². The number of halogens is 1. The number of carbonyl (C=O) groups is 1. The number of carbonyl (C=O) groups excluding carboxylic acids is 1. The van der Waals surface area contributed by atoms with Crippen LogP contribution < -0.4 is 10.2 Å². The van der Waals surface area contributed by atoms with E-state index in [1.54, 1.807) is 0 Å². The van der Waals surface area contributed by atoms with Crippen molar-refractivity contribution in [1.82, 2.24) is 0 Å². The van der Waals surface area contributed by atoms with Crippen LogP contribution in [0.2, 0.25) is 5.02 Å². The van der Waals surface area contributed by atoms with E-state index in [1.807, 2.05) is 42.5 Å². The second-order valence-electron chi connectivity index (χ2n) is 7.11. The molecule has 0 bridgehead atoms. The van der Waals surface area contributed by atoms with Gasteiger partial charge < -0.3 is 10.2 Å². The first-order chi connectivity index (χ1) is 12.2. The maximum atomic E-state index is 13.1. The summed E-state index contributed by atoms with van der Waals surface area (Å²) in [6.07, 6.45) is 5.53. The number of benzene rings is 2. The third kappa shape index (κ3) is 3.25. The molecular formula is C21H23ClN2O. The van der Waals surface area contributed by atoms with Crippen LogP contribution in [0.15, 0.2) is 48.5 Å². The van der Waals surface area contributed by atoms with Gasteiger partial charge in [-0.25, -0.2) is 0 Å². The highest BCUT2D eigenvalue weighted by atomic mass is 35.5. The van der Waals surface area contributed by atoms with Gasteiger partial charge in [0.2, 0.25) is 5.91 Å². The van der Waals surface area contributed by atoms with E-state index in [-0.39, 0.29) is 11.3 Å². The van der Waals surface area contributed by atoms with Gasteiger partial charge in [-0.3, -0.25) is 4.79 Å². The summed E-state index contributed by atoms with van der Waals surface area (Å²) in [5.41, 5.74) is 2.74. The van der Waals surface area contributed by atoms with E-state index in [0.717, 1.165) is 42.9 Å². The van der Waals surface area contributed by atoms with Gasteiger partial charge in [0.1, 0.15) is 0 Å². The third-order valence-corrected chi connectivity index (χ3v) is 5.68. The first-order valence-electron chi connectivity index (χ1n) is 9.10. The van der Waals surface area contributed by atoms with Crippen molar-refractivity contribution < 1.29 is 4.79 Å². The fraction of sp³-hybridized carbons (Fsp3) is 0.381. The molecule has 1 N–H and O–H groups in total. The van der Waals surface area contributed by atoms with Gasteiger partial charge in [-0.1, -0.05) is 35.9 Å². The van der Waals surface area contributed by atoms with Gasteiger partial charge in [-0.2, -0.15) is 0 Å². The number of para-hydroxylation sites is 2. The monoisotopic (exact) mass is 354 g/mol. The molecule has 1 heterocycles. The first kappa shape index (κ1) is 16.5. The summed E-state index contributed by atoms with van der Waals surface area (Å²) in [5, 5.41) is 3.91. The standard InChI is InChI=1S/C21H23ClN2O/c22-17-10-8-16(9-11-17)21(12-13-21)20(25)23-18-6-2-3-7-19(18)24-14-4-1-5-15-24/h2-3,6-11H,1,4-5,12-15H2,(H,23,25). The smallest absolute Gasteiger partial charge is 0.235 e.